The highest BCUT2D eigenvalue weighted by atomic mass is 32.2. The number of nitrogens with one attached hydrogen (secondary N) is 2. The summed E-state index contributed by atoms with van der Waals surface area (Å²) in [6.45, 7) is 6.07. The summed E-state index contributed by atoms with van der Waals surface area (Å²) >= 11 is 2.90. The molecular formula is C21H23N3O2S2. The van der Waals surface area contributed by atoms with Gasteiger partial charge in [-0.05, 0) is 56.7 Å². The number of thioether (sulfide) groups is 1. The highest BCUT2D eigenvalue weighted by Gasteiger charge is 2.24. The number of rotatable bonds is 4. The minimum atomic E-state index is -0.378. The van der Waals surface area contributed by atoms with Crippen molar-refractivity contribution in [2.24, 2.45) is 5.92 Å². The van der Waals surface area contributed by atoms with Gasteiger partial charge in [0.25, 0.3) is 5.56 Å². The van der Waals surface area contributed by atoms with Gasteiger partial charge in [-0.15, -0.1) is 11.3 Å². The van der Waals surface area contributed by atoms with Crippen molar-refractivity contribution in [3.05, 3.63) is 50.6 Å². The number of amides is 1. The number of aromatic amines is 1. The molecule has 2 atom stereocenters. The largest absolute Gasteiger partial charge is 0.325 e. The second-order valence-corrected chi connectivity index (χ2v) is 9.93. The van der Waals surface area contributed by atoms with E-state index in [2.05, 4.69) is 22.2 Å². The summed E-state index contributed by atoms with van der Waals surface area (Å²) in [5.41, 5.74) is 2.99. The molecule has 0 aliphatic heterocycles. The molecule has 1 amide bonds. The number of nitrogens with zero attached hydrogens (tertiary/aromatic N) is 1. The Labute approximate surface area is 172 Å². The molecule has 2 heterocycles. The number of carbonyl (C=O) groups excluding carboxylic acids is 1. The number of aromatic nitrogens is 2. The molecule has 2 N–H and O–H groups in total. The van der Waals surface area contributed by atoms with Gasteiger partial charge in [-0.25, -0.2) is 4.98 Å². The number of anilines is 1. The van der Waals surface area contributed by atoms with Gasteiger partial charge in [0.15, 0.2) is 5.16 Å². The normalized spacial score (nSPS) is 17.3. The molecule has 3 aromatic rings. The molecule has 0 saturated heterocycles. The fourth-order valence-corrected chi connectivity index (χ4v) is 5.72. The van der Waals surface area contributed by atoms with Gasteiger partial charge in [-0.1, -0.05) is 36.4 Å². The molecule has 2 aromatic heterocycles. The monoisotopic (exact) mass is 413 g/mol. The van der Waals surface area contributed by atoms with E-state index in [0.29, 0.717) is 11.1 Å². The van der Waals surface area contributed by atoms with Crippen molar-refractivity contribution in [1.82, 2.24) is 9.97 Å². The highest BCUT2D eigenvalue weighted by Crippen LogP contribution is 2.36. The number of thiophene rings is 1. The summed E-state index contributed by atoms with van der Waals surface area (Å²) in [7, 11) is 0. The third-order valence-electron chi connectivity index (χ3n) is 5.12. The first kappa shape index (κ1) is 19.2. The zero-order valence-electron chi connectivity index (χ0n) is 16.2. The van der Waals surface area contributed by atoms with Gasteiger partial charge in [0, 0.05) is 10.6 Å². The summed E-state index contributed by atoms with van der Waals surface area (Å²) in [4.78, 5) is 34.8. The Hall–Kier alpha value is -2.12. The van der Waals surface area contributed by atoms with E-state index in [9.17, 15) is 9.59 Å². The lowest BCUT2D eigenvalue weighted by molar-refractivity contribution is -0.115. The number of fused-ring (bicyclic) bond motifs is 3. The molecule has 0 radical (unpaired) electrons. The molecule has 4 rings (SSSR count). The number of benzene rings is 1. The van der Waals surface area contributed by atoms with Crippen LogP contribution in [0.25, 0.3) is 10.2 Å². The summed E-state index contributed by atoms with van der Waals surface area (Å²) in [5.74, 6) is 0.537. The quantitative estimate of drug-likeness (QED) is 0.486. The summed E-state index contributed by atoms with van der Waals surface area (Å²) in [6, 6.07) is 7.68. The Balaban J connectivity index is 1.53. The van der Waals surface area contributed by atoms with Crippen LogP contribution in [-0.4, -0.2) is 21.1 Å². The van der Waals surface area contributed by atoms with Crippen molar-refractivity contribution in [3.8, 4) is 0 Å². The Kier molecular flexibility index (Phi) is 5.29. The number of H-pyrrole nitrogens is 1. The van der Waals surface area contributed by atoms with Crippen LogP contribution in [0.15, 0.2) is 34.2 Å². The first-order valence-electron chi connectivity index (χ1n) is 9.49. The minimum absolute atomic E-state index is 0.0919. The van der Waals surface area contributed by atoms with Gasteiger partial charge in [-0.2, -0.15) is 0 Å². The molecule has 0 fully saturated rings. The van der Waals surface area contributed by atoms with Crippen LogP contribution < -0.4 is 10.9 Å². The molecule has 0 unspecified atom stereocenters. The zero-order chi connectivity index (χ0) is 19.8. The van der Waals surface area contributed by atoms with E-state index in [-0.39, 0.29) is 16.7 Å². The molecule has 1 aliphatic rings. The molecule has 28 heavy (non-hydrogen) atoms. The van der Waals surface area contributed by atoms with E-state index in [4.69, 9.17) is 0 Å². The molecule has 146 valence electrons. The maximum Gasteiger partial charge on any atom is 0.260 e. The van der Waals surface area contributed by atoms with Crippen LogP contribution in [0, 0.1) is 12.8 Å². The SMILES string of the molecule is Cc1ccc(NC(=O)[C@@H](C)Sc2nc3sc4c(c3c(=O)[nH]2)CC[C@H](C)C4)cc1. The Bertz CT molecular complexity index is 1090. The van der Waals surface area contributed by atoms with Gasteiger partial charge in [0.2, 0.25) is 5.91 Å². The van der Waals surface area contributed by atoms with Crippen LogP contribution in [0.1, 0.15) is 36.3 Å². The van der Waals surface area contributed by atoms with Gasteiger partial charge in [0.1, 0.15) is 4.83 Å². The van der Waals surface area contributed by atoms with E-state index in [1.54, 1.807) is 11.3 Å². The lowest BCUT2D eigenvalue weighted by atomic mass is 9.89. The zero-order valence-corrected chi connectivity index (χ0v) is 17.8. The number of hydrogen-bond acceptors (Lipinski definition) is 5. The van der Waals surface area contributed by atoms with Crippen LogP contribution in [0.4, 0.5) is 5.69 Å². The van der Waals surface area contributed by atoms with Crippen molar-refractivity contribution in [1.29, 1.82) is 0 Å². The molecule has 1 aromatic carbocycles. The molecule has 0 bridgehead atoms. The average Bonchev–Trinajstić information content (AvgIpc) is 3.01. The van der Waals surface area contributed by atoms with E-state index in [0.717, 1.165) is 40.7 Å². The summed E-state index contributed by atoms with van der Waals surface area (Å²) < 4.78 is 0. The predicted molar refractivity (Wildman–Crippen MR) is 117 cm³/mol. The van der Waals surface area contributed by atoms with E-state index in [1.165, 1.54) is 22.2 Å². The van der Waals surface area contributed by atoms with Gasteiger partial charge in [0.05, 0.1) is 10.6 Å². The van der Waals surface area contributed by atoms with E-state index < -0.39 is 0 Å². The van der Waals surface area contributed by atoms with Gasteiger partial charge >= 0.3 is 0 Å². The lowest BCUT2D eigenvalue weighted by Crippen LogP contribution is -2.23. The van der Waals surface area contributed by atoms with Crippen molar-refractivity contribution in [2.45, 2.75) is 50.4 Å². The van der Waals surface area contributed by atoms with Crippen molar-refractivity contribution in [2.75, 3.05) is 5.32 Å². The number of hydrogen-bond donors (Lipinski definition) is 2. The predicted octanol–water partition coefficient (Wildman–Crippen LogP) is 4.54. The Morgan fingerprint density at radius 2 is 2.11 bits per heavy atom. The van der Waals surface area contributed by atoms with Crippen LogP contribution >= 0.6 is 23.1 Å². The van der Waals surface area contributed by atoms with Gasteiger partial charge < -0.3 is 10.3 Å². The van der Waals surface area contributed by atoms with Crippen molar-refractivity contribution < 1.29 is 4.79 Å². The molecular weight excluding hydrogens is 390 g/mol. The third-order valence-corrected chi connectivity index (χ3v) is 7.25. The summed E-state index contributed by atoms with van der Waals surface area (Å²) in [6.07, 6.45) is 3.09. The van der Waals surface area contributed by atoms with Crippen LogP contribution in [0.2, 0.25) is 0 Å². The Morgan fingerprint density at radius 1 is 1.36 bits per heavy atom. The molecule has 0 spiro atoms. The third kappa shape index (κ3) is 3.86. The van der Waals surface area contributed by atoms with Crippen LogP contribution in [-0.2, 0) is 17.6 Å². The van der Waals surface area contributed by atoms with Crippen molar-refractivity contribution in [3.63, 3.8) is 0 Å². The lowest BCUT2D eigenvalue weighted by Gasteiger charge is -2.17. The molecule has 5 nitrogen and oxygen atoms in total. The molecule has 1 aliphatic carbocycles. The Morgan fingerprint density at radius 3 is 2.86 bits per heavy atom. The smallest absolute Gasteiger partial charge is 0.260 e. The molecule has 0 saturated carbocycles. The summed E-state index contributed by atoms with van der Waals surface area (Å²) in [5, 5.41) is 3.77. The first-order chi connectivity index (χ1) is 13.4. The fourth-order valence-electron chi connectivity index (χ4n) is 3.49. The second-order valence-electron chi connectivity index (χ2n) is 7.52. The van der Waals surface area contributed by atoms with Crippen molar-refractivity contribution >= 4 is 44.9 Å². The highest BCUT2D eigenvalue weighted by molar-refractivity contribution is 8.00. The second kappa shape index (κ2) is 7.72. The first-order valence-corrected chi connectivity index (χ1v) is 11.2. The maximum absolute atomic E-state index is 12.7. The number of aryl methyl sites for hydroxylation is 2. The topological polar surface area (TPSA) is 74.8 Å². The minimum Gasteiger partial charge on any atom is -0.325 e. The maximum atomic E-state index is 12.7. The standard InChI is InChI=1S/C21H23N3O2S2/c1-11-4-7-14(8-5-11)22-18(25)13(3)27-21-23-19(26)17-15-9-6-12(2)10-16(15)28-20(17)24-21/h4-5,7-8,12-13H,6,9-10H2,1-3H3,(H,22,25)(H,23,24,26)/t12-,13+/m0/s1. The average molecular weight is 414 g/mol. The van der Waals surface area contributed by atoms with E-state index >= 15 is 0 Å². The molecule has 7 heteroatoms. The fraction of sp³-hybridized carbons (Fsp3) is 0.381. The number of carbonyl (C=O) groups is 1. The van der Waals surface area contributed by atoms with Crippen LogP contribution in [0.3, 0.4) is 0 Å². The van der Waals surface area contributed by atoms with E-state index in [1.807, 2.05) is 38.1 Å². The van der Waals surface area contributed by atoms with Crippen LogP contribution in [0.5, 0.6) is 0 Å². The van der Waals surface area contributed by atoms with Gasteiger partial charge in [-0.3, -0.25) is 9.59 Å².